The van der Waals surface area contributed by atoms with Gasteiger partial charge >= 0.3 is 11.7 Å². The fourth-order valence-electron chi connectivity index (χ4n) is 1.54. The molecule has 0 fully saturated rings. The molecule has 0 aliphatic carbocycles. The van der Waals surface area contributed by atoms with E-state index in [4.69, 9.17) is 16.7 Å². The van der Waals surface area contributed by atoms with Crippen molar-refractivity contribution in [2.24, 2.45) is 0 Å². The van der Waals surface area contributed by atoms with Gasteiger partial charge in [0.05, 0.1) is 10.6 Å². The summed E-state index contributed by atoms with van der Waals surface area (Å²) in [4.78, 5) is 49.0. The Bertz CT molecular complexity index is 839. The van der Waals surface area contributed by atoms with Crippen molar-refractivity contribution < 1.29 is 14.7 Å². The third-order valence-corrected chi connectivity index (χ3v) is 2.83. The number of benzene rings is 1. The van der Waals surface area contributed by atoms with Crippen LogP contribution in [0, 0.1) is 0 Å². The van der Waals surface area contributed by atoms with Crippen molar-refractivity contribution >= 4 is 29.2 Å². The van der Waals surface area contributed by atoms with E-state index in [0.717, 1.165) is 6.20 Å². The van der Waals surface area contributed by atoms with E-state index in [0.29, 0.717) is 0 Å². The third-order valence-electron chi connectivity index (χ3n) is 2.52. The summed E-state index contributed by atoms with van der Waals surface area (Å²) in [6.45, 7) is 0. The van der Waals surface area contributed by atoms with Crippen LogP contribution in [0.1, 0.15) is 20.7 Å². The van der Waals surface area contributed by atoms with Gasteiger partial charge in [-0.3, -0.25) is 14.6 Å². The molecule has 21 heavy (non-hydrogen) atoms. The second-order valence-electron chi connectivity index (χ2n) is 3.94. The number of aromatic nitrogens is 2. The van der Waals surface area contributed by atoms with Crippen LogP contribution in [0.25, 0.3) is 0 Å². The maximum Gasteiger partial charge on any atom is 0.337 e. The number of anilines is 1. The topological polar surface area (TPSA) is 132 Å². The van der Waals surface area contributed by atoms with E-state index < -0.39 is 23.1 Å². The molecule has 0 saturated carbocycles. The molecule has 1 aromatic heterocycles. The van der Waals surface area contributed by atoms with Gasteiger partial charge in [0.2, 0.25) is 0 Å². The monoisotopic (exact) mass is 309 g/mol. The van der Waals surface area contributed by atoms with Crippen molar-refractivity contribution in [1.29, 1.82) is 0 Å². The molecule has 1 aromatic carbocycles. The number of aromatic carboxylic acids is 1. The summed E-state index contributed by atoms with van der Waals surface area (Å²) in [5, 5.41) is 11.1. The SMILES string of the molecule is O=C(O)c1ccc(NC(=O)c2c[nH]c(=O)[nH]c2=O)cc1Cl. The normalized spacial score (nSPS) is 10.1. The van der Waals surface area contributed by atoms with Gasteiger partial charge < -0.3 is 15.4 Å². The van der Waals surface area contributed by atoms with E-state index in [1.807, 2.05) is 4.98 Å². The maximum absolute atomic E-state index is 11.9. The molecule has 8 nitrogen and oxygen atoms in total. The minimum atomic E-state index is -1.20. The number of carbonyl (C=O) groups excluding carboxylic acids is 1. The predicted molar refractivity (Wildman–Crippen MR) is 74.0 cm³/mol. The van der Waals surface area contributed by atoms with Gasteiger partial charge in [-0.2, -0.15) is 0 Å². The molecule has 0 radical (unpaired) electrons. The fraction of sp³-hybridized carbons (Fsp3) is 0. The van der Waals surface area contributed by atoms with Crippen LogP contribution < -0.4 is 16.6 Å². The Kier molecular flexibility index (Phi) is 3.90. The number of amides is 1. The van der Waals surface area contributed by atoms with Gasteiger partial charge in [0.25, 0.3) is 11.5 Å². The number of halogens is 1. The van der Waals surface area contributed by atoms with Crippen LogP contribution in [0.3, 0.4) is 0 Å². The minimum absolute atomic E-state index is 0.0596. The number of nitrogens with one attached hydrogen (secondary N) is 3. The first-order valence-corrected chi connectivity index (χ1v) is 5.92. The van der Waals surface area contributed by atoms with E-state index >= 15 is 0 Å². The number of carboxylic acids is 1. The quantitative estimate of drug-likeness (QED) is 0.661. The number of rotatable bonds is 3. The van der Waals surface area contributed by atoms with Gasteiger partial charge in [0.15, 0.2) is 0 Å². The number of carboxylic acid groups (broad SMARTS) is 1. The molecule has 108 valence electrons. The molecule has 0 aliphatic rings. The molecule has 0 spiro atoms. The Hall–Kier alpha value is -2.87. The smallest absolute Gasteiger partial charge is 0.337 e. The van der Waals surface area contributed by atoms with E-state index in [2.05, 4.69) is 10.3 Å². The second kappa shape index (κ2) is 5.63. The number of hydrogen-bond acceptors (Lipinski definition) is 4. The average molecular weight is 310 g/mol. The first-order chi connectivity index (χ1) is 9.88. The molecule has 1 heterocycles. The number of hydrogen-bond donors (Lipinski definition) is 4. The second-order valence-corrected chi connectivity index (χ2v) is 4.35. The summed E-state index contributed by atoms with van der Waals surface area (Å²) in [7, 11) is 0. The number of H-pyrrole nitrogens is 2. The lowest BCUT2D eigenvalue weighted by molar-refractivity contribution is 0.0697. The Balaban J connectivity index is 2.28. The predicted octanol–water partition coefficient (Wildman–Crippen LogP) is 0.667. The van der Waals surface area contributed by atoms with Crippen LogP contribution in [0.15, 0.2) is 34.0 Å². The van der Waals surface area contributed by atoms with Crippen molar-refractivity contribution in [3.63, 3.8) is 0 Å². The molecule has 4 N–H and O–H groups in total. The summed E-state index contributed by atoms with van der Waals surface area (Å²) in [5.41, 5.74) is -1.78. The van der Waals surface area contributed by atoms with E-state index in [1.165, 1.54) is 18.2 Å². The lowest BCUT2D eigenvalue weighted by atomic mass is 10.2. The summed E-state index contributed by atoms with van der Waals surface area (Å²) in [6.07, 6.45) is 0.976. The summed E-state index contributed by atoms with van der Waals surface area (Å²) in [6, 6.07) is 3.78. The third kappa shape index (κ3) is 3.18. The zero-order chi connectivity index (χ0) is 15.6. The highest BCUT2D eigenvalue weighted by molar-refractivity contribution is 6.33. The van der Waals surface area contributed by atoms with Crippen molar-refractivity contribution in [2.45, 2.75) is 0 Å². The Labute approximate surface area is 121 Å². The van der Waals surface area contributed by atoms with Crippen LogP contribution in [0.4, 0.5) is 5.69 Å². The first kappa shape index (κ1) is 14.5. The first-order valence-electron chi connectivity index (χ1n) is 5.54. The molecule has 1 amide bonds. The van der Waals surface area contributed by atoms with Crippen molar-refractivity contribution in [3.8, 4) is 0 Å². The molecule has 2 rings (SSSR count). The van der Waals surface area contributed by atoms with Gasteiger partial charge in [-0.25, -0.2) is 9.59 Å². The van der Waals surface area contributed by atoms with Crippen LogP contribution >= 0.6 is 11.6 Å². The Morgan fingerprint density at radius 3 is 2.48 bits per heavy atom. The molecule has 0 saturated heterocycles. The van der Waals surface area contributed by atoms with Crippen LogP contribution in [0.5, 0.6) is 0 Å². The zero-order valence-corrected chi connectivity index (χ0v) is 11.0. The standard InChI is InChI=1S/C12H8ClN3O5/c13-8-3-5(1-2-6(8)11(19)20)15-9(17)7-4-14-12(21)16-10(7)18/h1-4H,(H,15,17)(H,19,20)(H2,14,16,18,21). The highest BCUT2D eigenvalue weighted by atomic mass is 35.5. The molecule has 0 unspecified atom stereocenters. The maximum atomic E-state index is 11.9. The summed E-state index contributed by atoms with van der Waals surface area (Å²) >= 11 is 5.76. The number of carbonyl (C=O) groups is 2. The van der Waals surface area contributed by atoms with Crippen molar-refractivity contribution in [1.82, 2.24) is 9.97 Å². The Morgan fingerprint density at radius 1 is 1.19 bits per heavy atom. The van der Waals surface area contributed by atoms with E-state index in [-0.39, 0.29) is 21.8 Å². The molecule has 0 bridgehead atoms. The van der Waals surface area contributed by atoms with Crippen molar-refractivity contribution in [3.05, 3.63) is 61.4 Å². The largest absolute Gasteiger partial charge is 0.478 e. The van der Waals surface area contributed by atoms with Gasteiger partial charge in [-0.15, -0.1) is 0 Å². The minimum Gasteiger partial charge on any atom is -0.478 e. The van der Waals surface area contributed by atoms with Crippen LogP contribution in [0.2, 0.25) is 5.02 Å². The van der Waals surface area contributed by atoms with Crippen LogP contribution in [-0.4, -0.2) is 27.0 Å². The molecular weight excluding hydrogens is 302 g/mol. The Morgan fingerprint density at radius 2 is 1.90 bits per heavy atom. The molecular formula is C12H8ClN3O5. The highest BCUT2D eigenvalue weighted by Crippen LogP contribution is 2.21. The highest BCUT2D eigenvalue weighted by Gasteiger charge is 2.13. The number of aromatic amines is 2. The van der Waals surface area contributed by atoms with Crippen LogP contribution in [-0.2, 0) is 0 Å². The van der Waals surface area contributed by atoms with E-state index in [9.17, 15) is 19.2 Å². The molecule has 2 aromatic rings. The summed E-state index contributed by atoms with van der Waals surface area (Å²) < 4.78 is 0. The molecule has 0 aliphatic heterocycles. The fourth-order valence-corrected chi connectivity index (χ4v) is 1.80. The van der Waals surface area contributed by atoms with Crippen molar-refractivity contribution in [2.75, 3.05) is 5.32 Å². The molecule has 9 heteroatoms. The van der Waals surface area contributed by atoms with Gasteiger partial charge in [0, 0.05) is 11.9 Å². The van der Waals surface area contributed by atoms with Gasteiger partial charge in [-0.05, 0) is 18.2 Å². The van der Waals surface area contributed by atoms with Gasteiger partial charge in [-0.1, -0.05) is 11.6 Å². The van der Waals surface area contributed by atoms with E-state index in [1.54, 1.807) is 0 Å². The lowest BCUT2D eigenvalue weighted by Gasteiger charge is -2.06. The van der Waals surface area contributed by atoms with Gasteiger partial charge in [0.1, 0.15) is 5.56 Å². The lowest BCUT2D eigenvalue weighted by Crippen LogP contribution is -2.29. The average Bonchev–Trinajstić information content (AvgIpc) is 2.37. The summed E-state index contributed by atoms with van der Waals surface area (Å²) in [5.74, 6) is -1.97. The molecule has 0 atom stereocenters. The zero-order valence-electron chi connectivity index (χ0n) is 10.3.